The molecule has 0 unspecified atom stereocenters. The van der Waals surface area contributed by atoms with E-state index < -0.39 is 4.92 Å². The van der Waals surface area contributed by atoms with Crippen LogP contribution in [0.25, 0.3) is 32.8 Å². The third kappa shape index (κ3) is 4.68. The maximum atomic E-state index is 12.9. The van der Waals surface area contributed by atoms with Gasteiger partial charge in [0.15, 0.2) is 0 Å². The smallest absolute Gasteiger partial charge is 0.294 e. The number of aromatic nitrogens is 4. The first-order valence-electron chi connectivity index (χ1n) is 12.0. The van der Waals surface area contributed by atoms with Gasteiger partial charge in [-0.25, -0.2) is 9.97 Å². The summed E-state index contributed by atoms with van der Waals surface area (Å²) in [7, 11) is 9.00. The molecule has 5 aromatic rings. The average molecular weight is 551 g/mol. The third-order valence-corrected chi connectivity index (χ3v) is 6.93. The second kappa shape index (κ2) is 10.0. The Bertz CT molecular complexity index is 1810. The molecule has 13 heteroatoms. The molecule has 2 N–H and O–H groups in total. The van der Waals surface area contributed by atoms with E-state index >= 15 is 0 Å². The van der Waals surface area contributed by atoms with Gasteiger partial charge in [-0.1, -0.05) is 17.7 Å². The molecule has 0 atom stereocenters. The van der Waals surface area contributed by atoms with Crippen molar-refractivity contribution in [3.05, 3.63) is 62.0 Å². The molecule has 0 aliphatic rings. The number of likely N-dealkylation sites (N-methyl/N-ethyl adjacent to an activating group) is 2. The molecule has 0 saturated carbocycles. The fraction of sp³-hybridized carbons (Fsp3) is 0.269. The lowest BCUT2D eigenvalue weighted by molar-refractivity contribution is -0.384. The van der Waals surface area contributed by atoms with Gasteiger partial charge in [0.2, 0.25) is 5.95 Å². The summed E-state index contributed by atoms with van der Waals surface area (Å²) < 4.78 is 7.42. The highest BCUT2D eigenvalue weighted by Gasteiger charge is 2.23. The van der Waals surface area contributed by atoms with Crippen molar-refractivity contribution in [2.45, 2.75) is 0 Å². The molecule has 0 aliphatic heterocycles. The van der Waals surface area contributed by atoms with Gasteiger partial charge in [0.05, 0.1) is 39.5 Å². The van der Waals surface area contributed by atoms with Crippen LogP contribution in [-0.4, -0.2) is 70.7 Å². The normalized spacial score (nSPS) is 11.6. The fourth-order valence-corrected chi connectivity index (χ4v) is 4.80. The van der Waals surface area contributed by atoms with Crippen LogP contribution in [0.4, 0.5) is 23.0 Å². The zero-order valence-electron chi connectivity index (χ0n) is 22.1. The SMILES string of the molecule is COc1cc(N(C)CCN(C)C)c([N+](=O)[O-])cc1Nc1ncc2c(=O)[nH]c3c(c4ccc(Cl)cc4n3C)c2n1. The van der Waals surface area contributed by atoms with E-state index in [1.807, 2.05) is 47.6 Å². The van der Waals surface area contributed by atoms with Crippen molar-refractivity contribution in [1.29, 1.82) is 0 Å². The number of benzene rings is 2. The Morgan fingerprint density at radius 1 is 1.18 bits per heavy atom. The number of nitro groups is 1. The van der Waals surface area contributed by atoms with Gasteiger partial charge in [0, 0.05) is 55.9 Å². The van der Waals surface area contributed by atoms with Crippen molar-refractivity contribution in [1.82, 2.24) is 24.4 Å². The maximum Gasteiger partial charge on any atom is 0.294 e. The minimum atomic E-state index is -0.433. The summed E-state index contributed by atoms with van der Waals surface area (Å²) in [4.78, 5) is 40.2. The number of halogens is 1. The Morgan fingerprint density at radius 3 is 2.64 bits per heavy atom. The molecular formula is C26H27ClN8O4. The van der Waals surface area contributed by atoms with Gasteiger partial charge in [-0.2, -0.15) is 0 Å². The van der Waals surface area contributed by atoms with Crippen LogP contribution in [0, 0.1) is 10.1 Å². The van der Waals surface area contributed by atoms with Gasteiger partial charge in [-0.15, -0.1) is 0 Å². The van der Waals surface area contributed by atoms with Crippen LogP contribution in [0.15, 0.2) is 41.3 Å². The number of ether oxygens (including phenoxy) is 1. The van der Waals surface area contributed by atoms with Crippen LogP contribution >= 0.6 is 11.6 Å². The summed E-state index contributed by atoms with van der Waals surface area (Å²) >= 11 is 6.22. The summed E-state index contributed by atoms with van der Waals surface area (Å²) in [6.07, 6.45) is 1.43. The predicted molar refractivity (Wildman–Crippen MR) is 154 cm³/mol. The van der Waals surface area contributed by atoms with Crippen LogP contribution in [0.5, 0.6) is 5.75 Å². The fourth-order valence-electron chi connectivity index (χ4n) is 4.64. The number of anilines is 3. The summed E-state index contributed by atoms with van der Waals surface area (Å²) in [5.74, 6) is 0.536. The molecule has 202 valence electrons. The standard InChI is InChI=1S/C26H27ClN8O4/c1-32(2)8-9-33(3)19-12-21(39-5)17(11-20(19)35(37)38)29-26-28-13-16-23(30-26)22-15-7-6-14(27)10-18(15)34(4)24(22)31-25(16)36/h6-7,10-13H,8-9H2,1-5H3,(H,31,36)(H,28,29,30). The first-order chi connectivity index (χ1) is 18.6. The molecule has 0 fully saturated rings. The van der Waals surface area contributed by atoms with E-state index in [0.717, 1.165) is 22.8 Å². The van der Waals surface area contributed by atoms with Crippen LogP contribution in [0.3, 0.4) is 0 Å². The third-order valence-electron chi connectivity index (χ3n) is 6.70. The van der Waals surface area contributed by atoms with Crippen molar-refractivity contribution >= 4 is 67.5 Å². The first-order valence-corrected chi connectivity index (χ1v) is 12.4. The van der Waals surface area contributed by atoms with Crippen LogP contribution < -0.4 is 20.5 Å². The highest BCUT2D eigenvalue weighted by Crippen LogP contribution is 2.39. The van der Waals surface area contributed by atoms with Crippen molar-refractivity contribution in [2.24, 2.45) is 7.05 Å². The number of aromatic amines is 1. The lowest BCUT2D eigenvalue weighted by atomic mass is 10.1. The Kier molecular flexibility index (Phi) is 6.74. The Labute approximate surface area is 227 Å². The Morgan fingerprint density at radius 2 is 1.95 bits per heavy atom. The van der Waals surface area contributed by atoms with Gasteiger partial charge >= 0.3 is 0 Å². The molecule has 0 spiro atoms. The number of nitrogens with one attached hydrogen (secondary N) is 2. The van der Waals surface area contributed by atoms with Gasteiger partial charge in [-0.3, -0.25) is 14.9 Å². The zero-order chi connectivity index (χ0) is 28.0. The average Bonchev–Trinajstić information content (AvgIpc) is 3.17. The number of nitrogens with zero attached hydrogens (tertiary/aromatic N) is 6. The lowest BCUT2D eigenvalue weighted by Gasteiger charge is -2.22. The van der Waals surface area contributed by atoms with Crippen molar-refractivity contribution < 1.29 is 9.66 Å². The van der Waals surface area contributed by atoms with Crippen molar-refractivity contribution in [3.63, 3.8) is 0 Å². The second-order valence-electron chi connectivity index (χ2n) is 9.50. The lowest BCUT2D eigenvalue weighted by Crippen LogP contribution is -2.28. The molecule has 0 radical (unpaired) electrons. The van der Waals surface area contributed by atoms with E-state index in [1.165, 1.54) is 19.4 Å². The number of fused-ring (bicyclic) bond motifs is 5. The molecule has 0 bridgehead atoms. The number of aryl methyl sites for hydroxylation is 1. The highest BCUT2D eigenvalue weighted by atomic mass is 35.5. The molecule has 39 heavy (non-hydrogen) atoms. The Hall–Kier alpha value is -4.42. The molecule has 2 aromatic carbocycles. The van der Waals surface area contributed by atoms with Gasteiger partial charge in [0.25, 0.3) is 11.2 Å². The number of H-pyrrole nitrogens is 1. The molecule has 5 rings (SSSR count). The molecule has 3 aromatic heterocycles. The number of methoxy groups -OCH3 is 1. The van der Waals surface area contributed by atoms with Crippen LogP contribution in [-0.2, 0) is 7.05 Å². The molecular weight excluding hydrogens is 524 g/mol. The minimum Gasteiger partial charge on any atom is -0.494 e. The van der Waals surface area contributed by atoms with E-state index in [9.17, 15) is 14.9 Å². The summed E-state index contributed by atoms with van der Waals surface area (Å²) in [5, 5.41) is 17.5. The summed E-state index contributed by atoms with van der Waals surface area (Å²) in [5.41, 5.74) is 2.18. The highest BCUT2D eigenvalue weighted by molar-refractivity contribution is 6.32. The maximum absolute atomic E-state index is 12.9. The zero-order valence-corrected chi connectivity index (χ0v) is 22.8. The van der Waals surface area contributed by atoms with E-state index in [0.29, 0.717) is 45.2 Å². The summed E-state index contributed by atoms with van der Waals surface area (Å²) in [6, 6.07) is 8.50. The van der Waals surface area contributed by atoms with Crippen LogP contribution in [0.1, 0.15) is 0 Å². The molecule has 0 saturated heterocycles. The van der Waals surface area contributed by atoms with Gasteiger partial charge in [0.1, 0.15) is 17.1 Å². The predicted octanol–water partition coefficient (Wildman–Crippen LogP) is 4.27. The Balaban J connectivity index is 1.64. The number of hydrogen-bond acceptors (Lipinski definition) is 9. The summed E-state index contributed by atoms with van der Waals surface area (Å²) in [6.45, 7) is 1.30. The van der Waals surface area contributed by atoms with E-state index in [2.05, 4.69) is 20.3 Å². The molecule has 0 aliphatic carbocycles. The topological polar surface area (TPSA) is 134 Å². The van der Waals surface area contributed by atoms with E-state index in [4.69, 9.17) is 16.3 Å². The largest absolute Gasteiger partial charge is 0.494 e. The van der Waals surface area contributed by atoms with E-state index in [-0.39, 0.29) is 17.2 Å². The monoisotopic (exact) mass is 550 g/mol. The number of hydrogen-bond donors (Lipinski definition) is 2. The quantitative estimate of drug-likeness (QED) is 0.214. The second-order valence-corrected chi connectivity index (χ2v) is 9.94. The molecule has 3 heterocycles. The molecule has 12 nitrogen and oxygen atoms in total. The number of nitro benzene ring substituents is 1. The number of rotatable bonds is 8. The van der Waals surface area contributed by atoms with E-state index in [1.54, 1.807) is 19.2 Å². The van der Waals surface area contributed by atoms with Crippen molar-refractivity contribution in [2.75, 3.05) is 51.6 Å². The van der Waals surface area contributed by atoms with Gasteiger partial charge < -0.3 is 29.4 Å². The number of pyridine rings is 1. The van der Waals surface area contributed by atoms with Crippen molar-refractivity contribution in [3.8, 4) is 5.75 Å². The first kappa shape index (κ1) is 26.2. The minimum absolute atomic E-state index is 0.0925. The van der Waals surface area contributed by atoms with Crippen LogP contribution in [0.2, 0.25) is 5.02 Å². The van der Waals surface area contributed by atoms with Gasteiger partial charge in [-0.05, 0) is 26.2 Å². The molecule has 0 amide bonds.